The fraction of sp³-hybridized carbons (Fsp3) is 0.360. The molecule has 0 bridgehead atoms. The summed E-state index contributed by atoms with van der Waals surface area (Å²) < 4.78 is 43.1. The minimum Gasteiger partial charge on any atom is -0.392 e. The van der Waals surface area contributed by atoms with Crippen LogP contribution in [0.5, 0.6) is 0 Å². The number of allylic oxidation sites excluding steroid dienone is 3. The molecule has 0 saturated carbocycles. The van der Waals surface area contributed by atoms with Gasteiger partial charge >= 0.3 is 0 Å². The molecule has 0 spiro atoms. The summed E-state index contributed by atoms with van der Waals surface area (Å²) in [6, 6.07) is 3.23. The highest BCUT2D eigenvalue weighted by Crippen LogP contribution is 2.47. The number of hydrogen-bond donors (Lipinski definition) is 3. The average Bonchev–Trinajstić information content (AvgIpc) is 3.44. The van der Waals surface area contributed by atoms with Gasteiger partial charge in [0.1, 0.15) is 17.7 Å². The number of nitrogens with zero attached hydrogens (tertiary/aromatic N) is 2. The smallest absolute Gasteiger partial charge is 0.166 e. The summed E-state index contributed by atoms with van der Waals surface area (Å²) in [5.41, 5.74) is -0.284. The van der Waals surface area contributed by atoms with Crippen LogP contribution < -0.4 is 5.32 Å². The highest BCUT2D eigenvalue weighted by atomic mass is 35.5. The van der Waals surface area contributed by atoms with E-state index < -0.39 is 23.8 Å². The van der Waals surface area contributed by atoms with Gasteiger partial charge in [0.2, 0.25) is 0 Å². The molecule has 3 N–H and O–H groups in total. The average molecular weight is 523 g/mol. The Morgan fingerprint density at radius 3 is 2.94 bits per heavy atom. The Morgan fingerprint density at radius 1 is 1.49 bits per heavy atom. The molecule has 1 saturated heterocycles. The van der Waals surface area contributed by atoms with Crippen LogP contribution >= 0.6 is 23.4 Å². The summed E-state index contributed by atoms with van der Waals surface area (Å²) >= 11 is 8.01. The second kappa shape index (κ2) is 10.6. The molecule has 1 aromatic carbocycles. The normalized spacial score (nSPS) is 27.1. The molecule has 186 valence electrons. The number of nitrogens with one attached hydrogen (secondary N) is 2. The maximum absolute atomic E-state index is 15.9. The number of aliphatic imine (C=N–C) groups is 1. The molecule has 0 amide bonds. The zero-order valence-electron chi connectivity index (χ0n) is 19.0. The molecule has 4 rings (SSSR count). The van der Waals surface area contributed by atoms with Crippen LogP contribution in [-0.4, -0.2) is 51.9 Å². The number of rotatable bonds is 8. The van der Waals surface area contributed by atoms with Gasteiger partial charge in [-0.05, 0) is 43.0 Å². The van der Waals surface area contributed by atoms with Gasteiger partial charge in [0.05, 0.1) is 24.1 Å². The molecule has 0 aliphatic carbocycles. The molecule has 3 aliphatic heterocycles. The van der Waals surface area contributed by atoms with Crippen LogP contribution in [0.4, 0.5) is 13.2 Å². The summed E-state index contributed by atoms with van der Waals surface area (Å²) in [4.78, 5) is 6.78. The van der Waals surface area contributed by atoms with E-state index in [9.17, 15) is 13.9 Å². The van der Waals surface area contributed by atoms with Crippen molar-refractivity contribution in [1.29, 1.82) is 5.41 Å². The number of thioether (sulfide) groups is 1. The topological polar surface area (TPSA) is 71.7 Å². The number of hydrogen-bond acceptors (Lipinski definition) is 6. The van der Waals surface area contributed by atoms with Gasteiger partial charge in [-0.2, -0.15) is 0 Å². The maximum Gasteiger partial charge on any atom is 0.166 e. The van der Waals surface area contributed by atoms with Crippen LogP contribution in [0.1, 0.15) is 31.4 Å². The van der Waals surface area contributed by atoms with Crippen molar-refractivity contribution < 1.29 is 18.3 Å². The van der Waals surface area contributed by atoms with Gasteiger partial charge < -0.3 is 20.7 Å². The second-order valence-electron chi connectivity index (χ2n) is 8.56. The Labute approximate surface area is 211 Å². The Bertz CT molecular complexity index is 1140. The van der Waals surface area contributed by atoms with Gasteiger partial charge in [-0.3, -0.25) is 4.99 Å². The second-order valence-corrected chi connectivity index (χ2v) is 10.1. The van der Waals surface area contributed by atoms with Crippen molar-refractivity contribution >= 4 is 34.9 Å². The lowest BCUT2D eigenvalue weighted by Gasteiger charge is -2.35. The summed E-state index contributed by atoms with van der Waals surface area (Å²) in [7, 11) is 0. The highest BCUT2D eigenvalue weighted by Gasteiger charge is 2.47. The lowest BCUT2D eigenvalue weighted by atomic mass is 9.89. The lowest BCUT2D eigenvalue weighted by molar-refractivity contribution is 0.241. The lowest BCUT2D eigenvalue weighted by Crippen LogP contribution is -2.40. The summed E-state index contributed by atoms with van der Waals surface area (Å²) in [6.45, 7) is 1.02. The Morgan fingerprint density at radius 2 is 2.29 bits per heavy atom. The van der Waals surface area contributed by atoms with E-state index in [0.717, 1.165) is 0 Å². The minimum absolute atomic E-state index is 0.0129. The third-order valence-corrected chi connectivity index (χ3v) is 7.36. The first-order valence-corrected chi connectivity index (χ1v) is 12.5. The molecule has 3 aliphatic rings. The van der Waals surface area contributed by atoms with E-state index >= 15 is 4.39 Å². The zero-order valence-corrected chi connectivity index (χ0v) is 20.6. The first-order valence-electron chi connectivity index (χ1n) is 11.2. The van der Waals surface area contributed by atoms with Gasteiger partial charge in [-0.15, -0.1) is 11.8 Å². The molecule has 3 unspecified atom stereocenters. The molecular weight excluding hydrogens is 497 g/mol. The number of amidine groups is 1. The van der Waals surface area contributed by atoms with Gasteiger partial charge in [-0.1, -0.05) is 29.8 Å². The third kappa shape index (κ3) is 5.52. The SMILES string of the molecule is CC(F)N/C=C\C(=N)C1=C2C[C@](F)(/C=C/CO)CN2C(C2CC=CS2)=NC1c1ccc(F)cc1Cl. The van der Waals surface area contributed by atoms with Crippen LogP contribution in [0.25, 0.3) is 0 Å². The quantitative estimate of drug-likeness (QED) is 0.236. The largest absolute Gasteiger partial charge is 0.392 e. The monoisotopic (exact) mass is 522 g/mol. The van der Waals surface area contributed by atoms with E-state index in [1.54, 1.807) is 11.8 Å². The number of halogens is 4. The van der Waals surface area contributed by atoms with Crippen molar-refractivity contribution in [3.8, 4) is 0 Å². The third-order valence-electron chi connectivity index (χ3n) is 5.95. The standard InChI is InChI=1S/C25H26ClF3N4OS/c1-15(27)31-9-7-19(30)22-20-13-25(29,8-3-10-34)14-33(20)24(21-4-2-11-35-21)32-23(22)17-6-5-16(28)12-18(17)26/h2-3,5-9,11-12,15,21,23,30-31,34H,4,10,13-14H2,1H3/b8-3+,9-7-,30-19?/t15?,21?,23?,25-/m1/s1. The fourth-order valence-corrected chi connectivity index (χ4v) is 5.68. The van der Waals surface area contributed by atoms with Crippen LogP contribution in [0.3, 0.4) is 0 Å². The molecule has 3 heterocycles. The van der Waals surface area contributed by atoms with Gasteiger partial charge in [0.15, 0.2) is 12.0 Å². The Balaban J connectivity index is 1.86. The van der Waals surface area contributed by atoms with Crippen LogP contribution in [-0.2, 0) is 0 Å². The number of aliphatic hydroxyl groups excluding tert-OH is 1. The van der Waals surface area contributed by atoms with E-state index in [1.807, 2.05) is 16.4 Å². The predicted molar refractivity (Wildman–Crippen MR) is 136 cm³/mol. The van der Waals surface area contributed by atoms with Crippen molar-refractivity contribution in [3.05, 3.63) is 81.8 Å². The number of alkyl halides is 2. The van der Waals surface area contributed by atoms with Crippen LogP contribution in [0.15, 0.2) is 70.4 Å². The van der Waals surface area contributed by atoms with Crippen molar-refractivity contribution in [2.75, 3.05) is 13.2 Å². The van der Waals surface area contributed by atoms with Crippen LogP contribution in [0.2, 0.25) is 5.02 Å². The molecule has 35 heavy (non-hydrogen) atoms. The number of fused-ring (bicyclic) bond motifs is 1. The summed E-state index contributed by atoms with van der Waals surface area (Å²) in [5.74, 6) is 0.160. The van der Waals surface area contributed by atoms with Crippen molar-refractivity contribution in [2.24, 2.45) is 4.99 Å². The highest BCUT2D eigenvalue weighted by molar-refractivity contribution is 8.03. The van der Waals surface area contributed by atoms with E-state index in [2.05, 4.69) is 5.32 Å². The van der Waals surface area contributed by atoms with Gasteiger partial charge in [0, 0.05) is 34.5 Å². The minimum atomic E-state index is -1.78. The van der Waals surface area contributed by atoms with Crippen LogP contribution in [0, 0.1) is 11.2 Å². The number of aliphatic hydroxyl groups is 1. The van der Waals surface area contributed by atoms with E-state index in [0.29, 0.717) is 29.1 Å². The number of benzene rings is 1. The first-order chi connectivity index (χ1) is 16.7. The van der Waals surface area contributed by atoms with Gasteiger partial charge in [-0.25, -0.2) is 13.2 Å². The zero-order chi connectivity index (χ0) is 25.2. The molecular formula is C25H26ClF3N4OS. The molecule has 10 heteroatoms. The molecule has 5 nitrogen and oxygen atoms in total. The Kier molecular flexibility index (Phi) is 7.78. The van der Waals surface area contributed by atoms with E-state index in [4.69, 9.17) is 22.0 Å². The summed E-state index contributed by atoms with van der Waals surface area (Å²) in [6.07, 6.45) is 6.83. The molecule has 4 atom stereocenters. The fourth-order valence-electron chi connectivity index (χ4n) is 4.46. The van der Waals surface area contributed by atoms with E-state index in [-0.39, 0.29) is 35.6 Å². The molecule has 1 fully saturated rings. The van der Waals surface area contributed by atoms with Gasteiger partial charge in [0.25, 0.3) is 0 Å². The Hall–Kier alpha value is -2.49. The summed E-state index contributed by atoms with van der Waals surface area (Å²) in [5, 5.41) is 22.6. The first kappa shape index (κ1) is 25.6. The molecule has 0 aromatic heterocycles. The van der Waals surface area contributed by atoms with E-state index in [1.165, 1.54) is 49.6 Å². The van der Waals surface area contributed by atoms with Crippen molar-refractivity contribution in [2.45, 2.75) is 43.0 Å². The predicted octanol–water partition coefficient (Wildman–Crippen LogP) is 5.61. The van der Waals surface area contributed by atoms with Crippen molar-refractivity contribution in [3.63, 3.8) is 0 Å². The maximum atomic E-state index is 15.9. The van der Waals surface area contributed by atoms with Crippen molar-refractivity contribution in [1.82, 2.24) is 10.2 Å². The molecule has 1 aromatic rings. The molecule has 0 radical (unpaired) electrons.